The molecule has 1 aromatic rings. The molecule has 0 aliphatic heterocycles. The van der Waals surface area contributed by atoms with Gasteiger partial charge in [-0.2, -0.15) is 0 Å². The fourth-order valence-corrected chi connectivity index (χ4v) is 0.937. The van der Waals surface area contributed by atoms with Crippen LogP contribution in [0.1, 0.15) is 31.1 Å². The fourth-order valence-electron chi connectivity index (χ4n) is 0.937. The molecule has 2 N–H and O–H groups in total. The van der Waals surface area contributed by atoms with E-state index in [4.69, 9.17) is 5.73 Å². The van der Waals surface area contributed by atoms with Crippen molar-refractivity contribution in [3.8, 4) is 0 Å². The Labute approximate surface area is 98.3 Å². The number of anilines is 1. The summed E-state index contributed by atoms with van der Waals surface area (Å²) in [5, 5.41) is 0. The number of nitrogens with zero attached hydrogens (tertiary/aromatic N) is 1. The molecule has 0 aliphatic carbocycles. The lowest BCUT2D eigenvalue weighted by molar-refractivity contribution is 0.100. The van der Waals surface area contributed by atoms with Crippen molar-refractivity contribution >= 4 is 11.6 Å². The second kappa shape index (κ2) is 6.88. The molecular weight excluding hydrogens is 200 g/mol. The highest BCUT2D eigenvalue weighted by Crippen LogP contribution is 2.12. The minimum atomic E-state index is -0.390. The lowest BCUT2D eigenvalue weighted by Gasteiger charge is -2.12. The van der Waals surface area contributed by atoms with Crippen molar-refractivity contribution in [2.75, 3.05) is 19.0 Å². The average molecular weight is 222 g/mol. The number of hydrogen-bond acceptors (Lipinski definition) is 2. The van der Waals surface area contributed by atoms with Crippen molar-refractivity contribution in [1.29, 1.82) is 0 Å². The van der Waals surface area contributed by atoms with E-state index < -0.39 is 5.91 Å². The van der Waals surface area contributed by atoms with Gasteiger partial charge in [0.1, 0.15) is 0 Å². The Hall–Kier alpha value is -1.51. The Balaban J connectivity index is 0.000000487. The molecule has 0 unspecified atom stereocenters. The summed E-state index contributed by atoms with van der Waals surface area (Å²) in [7, 11) is 3.83. The third-order valence-electron chi connectivity index (χ3n) is 1.65. The molecule has 0 fully saturated rings. The van der Waals surface area contributed by atoms with Crippen molar-refractivity contribution in [2.45, 2.75) is 20.8 Å². The maximum atomic E-state index is 10.8. The molecular formula is C13H22N2O. The minimum Gasteiger partial charge on any atom is -0.378 e. The number of hydrogen-bond donors (Lipinski definition) is 1. The fraction of sp³-hybridized carbons (Fsp3) is 0.462. The first-order chi connectivity index (χ1) is 7.34. The molecule has 0 radical (unpaired) electrons. The van der Waals surface area contributed by atoms with Crippen LogP contribution >= 0.6 is 0 Å². The lowest BCUT2D eigenvalue weighted by atomic mass is 10.2. The van der Waals surface area contributed by atoms with E-state index in [1.807, 2.05) is 31.1 Å². The second-order valence-corrected chi connectivity index (χ2v) is 4.54. The third kappa shape index (κ3) is 6.06. The number of amides is 1. The molecule has 0 saturated heterocycles. The van der Waals surface area contributed by atoms with Gasteiger partial charge in [0.05, 0.1) is 0 Å². The zero-order chi connectivity index (χ0) is 12.7. The first-order valence-corrected chi connectivity index (χ1v) is 5.41. The topological polar surface area (TPSA) is 46.3 Å². The highest BCUT2D eigenvalue weighted by molar-refractivity contribution is 5.93. The summed E-state index contributed by atoms with van der Waals surface area (Å²) in [5.74, 6) is 0.443. The van der Waals surface area contributed by atoms with Gasteiger partial charge in [-0.1, -0.05) is 26.8 Å². The van der Waals surface area contributed by atoms with E-state index in [2.05, 4.69) is 20.8 Å². The highest BCUT2D eigenvalue weighted by atomic mass is 16.1. The van der Waals surface area contributed by atoms with Crippen LogP contribution in [0.4, 0.5) is 5.69 Å². The van der Waals surface area contributed by atoms with Crippen LogP contribution < -0.4 is 10.6 Å². The highest BCUT2D eigenvalue weighted by Gasteiger charge is 2.01. The Morgan fingerprint density at radius 1 is 1.25 bits per heavy atom. The van der Waals surface area contributed by atoms with Gasteiger partial charge in [0, 0.05) is 25.3 Å². The number of carbonyl (C=O) groups is 1. The standard InChI is InChI=1S/C9H12N2O.C4H10/c1-11(2)8-5-3-4-7(6-8)9(10)12;1-4(2)3/h3-6H,1-2H3,(H2,10,12);4H,1-3H3. The molecule has 0 atom stereocenters. The molecule has 1 amide bonds. The molecule has 90 valence electrons. The molecule has 0 aromatic heterocycles. The van der Waals surface area contributed by atoms with Gasteiger partial charge in [-0.3, -0.25) is 4.79 Å². The molecule has 1 aromatic carbocycles. The summed E-state index contributed by atoms with van der Waals surface area (Å²) in [6.07, 6.45) is 0. The van der Waals surface area contributed by atoms with E-state index in [9.17, 15) is 4.79 Å². The average Bonchev–Trinajstić information content (AvgIpc) is 2.17. The van der Waals surface area contributed by atoms with Gasteiger partial charge in [0.2, 0.25) is 5.91 Å². The van der Waals surface area contributed by atoms with E-state index in [0.717, 1.165) is 11.6 Å². The molecule has 0 saturated carbocycles. The largest absolute Gasteiger partial charge is 0.378 e. The zero-order valence-electron chi connectivity index (χ0n) is 10.8. The van der Waals surface area contributed by atoms with Crippen LogP contribution in [0.2, 0.25) is 0 Å². The second-order valence-electron chi connectivity index (χ2n) is 4.54. The zero-order valence-corrected chi connectivity index (χ0v) is 10.8. The van der Waals surface area contributed by atoms with Crippen molar-refractivity contribution in [3.05, 3.63) is 29.8 Å². The summed E-state index contributed by atoms with van der Waals surface area (Å²) < 4.78 is 0. The van der Waals surface area contributed by atoms with E-state index in [0.29, 0.717) is 5.56 Å². The normalized spacial score (nSPS) is 9.38. The van der Waals surface area contributed by atoms with Crippen molar-refractivity contribution in [1.82, 2.24) is 0 Å². The molecule has 0 spiro atoms. The van der Waals surface area contributed by atoms with Crippen LogP contribution in [0.5, 0.6) is 0 Å². The van der Waals surface area contributed by atoms with Gasteiger partial charge in [0.15, 0.2) is 0 Å². The quantitative estimate of drug-likeness (QED) is 0.835. The Morgan fingerprint density at radius 2 is 1.75 bits per heavy atom. The van der Waals surface area contributed by atoms with Crippen LogP contribution in [0.3, 0.4) is 0 Å². The van der Waals surface area contributed by atoms with E-state index >= 15 is 0 Å². The van der Waals surface area contributed by atoms with Crippen LogP contribution in [-0.2, 0) is 0 Å². The Morgan fingerprint density at radius 3 is 2.12 bits per heavy atom. The maximum absolute atomic E-state index is 10.8. The number of rotatable bonds is 2. The number of carbonyl (C=O) groups excluding carboxylic acids is 1. The molecule has 0 aliphatic rings. The Kier molecular flexibility index (Phi) is 6.23. The first-order valence-electron chi connectivity index (χ1n) is 5.41. The minimum absolute atomic E-state index is 0.390. The van der Waals surface area contributed by atoms with Gasteiger partial charge < -0.3 is 10.6 Å². The summed E-state index contributed by atoms with van der Waals surface area (Å²) in [6, 6.07) is 7.21. The van der Waals surface area contributed by atoms with Gasteiger partial charge in [0.25, 0.3) is 0 Å². The predicted molar refractivity (Wildman–Crippen MR) is 69.8 cm³/mol. The number of nitrogens with two attached hydrogens (primary N) is 1. The van der Waals surface area contributed by atoms with E-state index in [1.54, 1.807) is 12.1 Å². The first kappa shape index (κ1) is 14.5. The Bertz CT molecular complexity index is 330. The molecule has 0 heterocycles. The van der Waals surface area contributed by atoms with Crippen molar-refractivity contribution in [3.63, 3.8) is 0 Å². The molecule has 16 heavy (non-hydrogen) atoms. The monoisotopic (exact) mass is 222 g/mol. The van der Waals surface area contributed by atoms with Crippen LogP contribution in [0.25, 0.3) is 0 Å². The van der Waals surface area contributed by atoms with E-state index in [-0.39, 0.29) is 0 Å². The molecule has 1 rings (SSSR count). The number of benzene rings is 1. The number of primary amides is 1. The van der Waals surface area contributed by atoms with E-state index in [1.165, 1.54) is 0 Å². The lowest BCUT2D eigenvalue weighted by Crippen LogP contribution is -2.13. The smallest absolute Gasteiger partial charge is 0.248 e. The van der Waals surface area contributed by atoms with Gasteiger partial charge in [-0.25, -0.2) is 0 Å². The molecule has 3 nitrogen and oxygen atoms in total. The summed E-state index contributed by atoms with van der Waals surface area (Å²) >= 11 is 0. The van der Waals surface area contributed by atoms with Gasteiger partial charge in [-0.05, 0) is 24.1 Å². The van der Waals surface area contributed by atoms with Gasteiger partial charge >= 0.3 is 0 Å². The van der Waals surface area contributed by atoms with Crippen molar-refractivity contribution < 1.29 is 4.79 Å². The SMILES string of the molecule is CC(C)C.CN(C)c1cccc(C(N)=O)c1. The predicted octanol–water partition coefficient (Wildman–Crippen LogP) is 2.51. The summed E-state index contributed by atoms with van der Waals surface area (Å²) in [5.41, 5.74) is 6.65. The van der Waals surface area contributed by atoms with Gasteiger partial charge in [-0.15, -0.1) is 0 Å². The van der Waals surface area contributed by atoms with Crippen LogP contribution in [0, 0.1) is 5.92 Å². The summed E-state index contributed by atoms with van der Waals surface area (Å²) in [4.78, 5) is 12.7. The van der Waals surface area contributed by atoms with Crippen molar-refractivity contribution in [2.24, 2.45) is 11.7 Å². The van der Waals surface area contributed by atoms with Crippen LogP contribution in [0.15, 0.2) is 24.3 Å². The third-order valence-corrected chi connectivity index (χ3v) is 1.65. The van der Waals surface area contributed by atoms with Crippen LogP contribution in [-0.4, -0.2) is 20.0 Å². The maximum Gasteiger partial charge on any atom is 0.248 e. The molecule has 3 heteroatoms. The molecule has 0 bridgehead atoms. The summed E-state index contributed by atoms with van der Waals surface area (Å²) in [6.45, 7) is 6.50.